The maximum Gasteiger partial charge on any atom is 0.326 e. The molecule has 1 aromatic heterocycles. The Morgan fingerprint density at radius 3 is 2.15 bits per heavy atom. The third kappa shape index (κ3) is 9.77. The Morgan fingerprint density at radius 1 is 1.00 bits per heavy atom. The number of rotatable bonds is 14. The van der Waals surface area contributed by atoms with E-state index in [0.717, 1.165) is 0 Å². The molecular formula is C18H28N8O7. The largest absolute Gasteiger partial charge is 0.480 e. The van der Waals surface area contributed by atoms with E-state index in [2.05, 4.69) is 25.9 Å². The molecule has 1 aromatic rings. The van der Waals surface area contributed by atoms with Crippen LogP contribution >= 0.6 is 0 Å². The molecule has 15 nitrogen and oxygen atoms in total. The molecule has 11 N–H and O–H groups in total. The molecule has 0 spiro atoms. The van der Waals surface area contributed by atoms with Crippen LogP contribution in [0.5, 0.6) is 0 Å². The van der Waals surface area contributed by atoms with Crippen molar-refractivity contribution in [3.8, 4) is 0 Å². The standard InChI is InChI=1S/C18H28N8O7/c1-8(24-16(30)10(19)5-14(21)28)15(29)25-11(2-3-13(20)27)17(31)26-12(18(32)33)4-9-6-22-7-23-9/h6-8,10-12H,2-5,19H2,1H3,(H2,20,27)(H2,21,28)(H,22,23)(H,24,30)(H,25,29)(H,26,31)(H,32,33). The maximum atomic E-state index is 12.7. The van der Waals surface area contributed by atoms with Gasteiger partial charge < -0.3 is 43.2 Å². The van der Waals surface area contributed by atoms with Crippen molar-refractivity contribution >= 4 is 35.5 Å². The number of carboxylic acid groups (broad SMARTS) is 1. The van der Waals surface area contributed by atoms with Gasteiger partial charge in [-0.25, -0.2) is 9.78 Å². The summed E-state index contributed by atoms with van der Waals surface area (Å²) in [6.07, 6.45) is 1.70. The molecule has 0 aromatic carbocycles. The molecule has 0 aliphatic carbocycles. The van der Waals surface area contributed by atoms with E-state index in [-0.39, 0.29) is 19.3 Å². The Kier molecular flexibility index (Phi) is 10.4. The summed E-state index contributed by atoms with van der Waals surface area (Å²) in [6.45, 7) is 1.30. The van der Waals surface area contributed by atoms with E-state index in [9.17, 15) is 33.9 Å². The molecule has 0 bridgehead atoms. The van der Waals surface area contributed by atoms with Crippen LogP contribution in [0.1, 0.15) is 31.9 Å². The van der Waals surface area contributed by atoms with Gasteiger partial charge in [0.1, 0.15) is 18.1 Å². The predicted molar refractivity (Wildman–Crippen MR) is 112 cm³/mol. The van der Waals surface area contributed by atoms with Crippen molar-refractivity contribution in [3.63, 3.8) is 0 Å². The molecule has 0 fully saturated rings. The number of carboxylic acids is 1. The number of H-pyrrole nitrogens is 1. The van der Waals surface area contributed by atoms with Crippen LogP contribution in [0.15, 0.2) is 12.5 Å². The van der Waals surface area contributed by atoms with Gasteiger partial charge in [0.2, 0.25) is 29.5 Å². The van der Waals surface area contributed by atoms with Gasteiger partial charge in [0.15, 0.2) is 0 Å². The number of hydrogen-bond donors (Lipinski definition) is 8. The van der Waals surface area contributed by atoms with E-state index in [1.807, 2.05) is 0 Å². The molecule has 182 valence electrons. The van der Waals surface area contributed by atoms with Gasteiger partial charge in [-0.15, -0.1) is 0 Å². The molecule has 1 rings (SSSR count). The fourth-order valence-corrected chi connectivity index (χ4v) is 2.64. The monoisotopic (exact) mass is 468 g/mol. The number of carbonyl (C=O) groups is 6. The summed E-state index contributed by atoms with van der Waals surface area (Å²) < 4.78 is 0. The number of carbonyl (C=O) groups excluding carboxylic acids is 5. The van der Waals surface area contributed by atoms with Crippen LogP contribution in [0.2, 0.25) is 0 Å². The summed E-state index contributed by atoms with van der Waals surface area (Å²) in [7, 11) is 0. The Balaban J connectivity index is 2.83. The lowest BCUT2D eigenvalue weighted by Gasteiger charge is -2.23. The predicted octanol–water partition coefficient (Wildman–Crippen LogP) is -4.02. The zero-order chi connectivity index (χ0) is 25.1. The molecule has 5 amide bonds. The van der Waals surface area contributed by atoms with Gasteiger partial charge in [0, 0.05) is 24.7 Å². The minimum atomic E-state index is -1.35. The van der Waals surface area contributed by atoms with Gasteiger partial charge in [-0.05, 0) is 13.3 Å². The zero-order valence-corrected chi connectivity index (χ0v) is 17.9. The van der Waals surface area contributed by atoms with Crippen LogP contribution in [0.25, 0.3) is 0 Å². The van der Waals surface area contributed by atoms with E-state index in [1.165, 1.54) is 19.4 Å². The van der Waals surface area contributed by atoms with Crippen LogP contribution in [0.4, 0.5) is 0 Å². The van der Waals surface area contributed by atoms with Crippen molar-refractivity contribution in [1.29, 1.82) is 0 Å². The van der Waals surface area contributed by atoms with Crippen LogP contribution in [0, 0.1) is 0 Å². The molecule has 0 radical (unpaired) electrons. The maximum absolute atomic E-state index is 12.7. The third-order valence-electron chi connectivity index (χ3n) is 4.42. The second kappa shape index (κ2) is 12.7. The molecule has 0 saturated heterocycles. The number of aliphatic carboxylic acids is 1. The third-order valence-corrected chi connectivity index (χ3v) is 4.42. The highest BCUT2D eigenvalue weighted by Crippen LogP contribution is 2.03. The van der Waals surface area contributed by atoms with Gasteiger partial charge in [0.05, 0.1) is 18.8 Å². The average Bonchev–Trinajstić information content (AvgIpc) is 3.22. The van der Waals surface area contributed by atoms with E-state index in [1.54, 1.807) is 0 Å². The molecule has 0 saturated carbocycles. The van der Waals surface area contributed by atoms with Crippen LogP contribution in [-0.2, 0) is 35.2 Å². The van der Waals surface area contributed by atoms with Crippen LogP contribution in [-0.4, -0.2) is 74.7 Å². The fourth-order valence-electron chi connectivity index (χ4n) is 2.64. The molecule has 15 heteroatoms. The second-order valence-electron chi connectivity index (χ2n) is 7.25. The normalized spacial score (nSPS) is 14.2. The fraction of sp³-hybridized carbons (Fsp3) is 0.500. The number of nitrogens with zero attached hydrogens (tertiary/aromatic N) is 1. The van der Waals surface area contributed by atoms with Gasteiger partial charge in [0.25, 0.3) is 0 Å². The first-order chi connectivity index (χ1) is 15.4. The Hall–Kier alpha value is -4.01. The average molecular weight is 468 g/mol. The first kappa shape index (κ1) is 27.0. The lowest BCUT2D eigenvalue weighted by Crippen LogP contribution is -2.56. The van der Waals surface area contributed by atoms with Crippen molar-refractivity contribution in [3.05, 3.63) is 18.2 Å². The summed E-state index contributed by atoms with van der Waals surface area (Å²) >= 11 is 0. The molecular weight excluding hydrogens is 440 g/mol. The van der Waals surface area contributed by atoms with Crippen molar-refractivity contribution in [2.75, 3.05) is 0 Å². The Morgan fingerprint density at radius 2 is 1.64 bits per heavy atom. The summed E-state index contributed by atoms with van der Waals surface area (Å²) in [4.78, 5) is 77.2. The Labute approximate surface area is 188 Å². The van der Waals surface area contributed by atoms with Crippen molar-refractivity contribution in [2.45, 2.75) is 56.8 Å². The number of primary amides is 2. The van der Waals surface area contributed by atoms with Crippen LogP contribution in [0.3, 0.4) is 0 Å². The second-order valence-corrected chi connectivity index (χ2v) is 7.25. The van der Waals surface area contributed by atoms with Gasteiger partial charge in [-0.3, -0.25) is 24.0 Å². The highest BCUT2D eigenvalue weighted by molar-refractivity contribution is 5.95. The molecule has 4 unspecified atom stereocenters. The zero-order valence-electron chi connectivity index (χ0n) is 17.9. The van der Waals surface area contributed by atoms with E-state index in [0.29, 0.717) is 5.69 Å². The molecule has 33 heavy (non-hydrogen) atoms. The summed E-state index contributed by atoms with van der Waals surface area (Å²) in [6, 6.07) is -5.13. The lowest BCUT2D eigenvalue weighted by molar-refractivity contribution is -0.142. The van der Waals surface area contributed by atoms with E-state index < -0.39 is 66.1 Å². The number of hydrogen-bond acceptors (Lipinski definition) is 8. The topological polar surface area (TPSA) is 265 Å². The number of amides is 5. The van der Waals surface area contributed by atoms with Crippen molar-refractivity contribution < 1.29 is 33.9 Å². The van der Waals surface area contributed by atoms with Crippen molar-refractivity contribution in [1.82, 2.24) is 25.9 Å². The van der Waals surface area contributed by atoms with Crippen molar-refractivity contribution in [2.24, 2.45) is 17.2 Å². The smallest absolute Gasteiger partial charge is 0.326 e. The highest BCUT2D eigenvalue weighted by atomic mass is 16.4. The quantitative estimate of drug-likeness (QED) is 0.132. The first-order valence-corrected chi connectivity index (χ1v) is 9.84. The Bertz CT molecular complexity index is 873. The van der Waals surface area contributed by atoms with E-state index >= 15 is 0 Å². The first-order valence-electron chi connectivity index (χ1n) is 9.84. The number of nitrogens with one attached hydrogen (secondary N) is 4. The SMILES string of the molecule is CC(NC(=O)C(N)CC(N)=O)C(=O)NC(CCC(N)=O)C(=O)NC(Cc1cnc[nH]1)C(=O)O. The highest BCUT2D eigenvalue weighted by Gasteiger charge is 2.29. The number of imidazole rings is 1. The minimum Gasteiger partial charge on any atom is -0.480 e. The summed E-state index contributed by atoms with van der Waals surface area (Å²) in [5.41, 5.74) is 16.0. The van der Waals surface area contributed by atoms with Gasteiger partial charge >= 0.3 is 5.97 Å². The molecule has 4 atom stereocenters. The molecule has 0 aliphatic rings. The lowest BCUT2D eigenvalue weighted by atomic mass is 10.1. The number of aromatic amines is 1. The number of nitrogens with two attached hydrogens (primary N) is 3. The van der Waals surface area contributed by atoms with E-state index in [4.69, 9.17) is 17.2 Å². The number of aromatic nitrogens is 2. The summed E-state index contributed by atoms with van der Waals surface area (Å²) in [5, 5.41) is 16.3. The summed E-state index contributed by atoms with van der Waals surface area (Å²) in [5.74, 6) is -5.39. The van der Waals surface area contributed by atoms with Crippen LogP contribution < -0.4 is 33.2 Å². The van der Waals surface area contributed by atoms with Gasteiger partial charge in [-0.2, -0.15) is 0 Å². The molecule has 1 heterocycles. The molecule has 0 aliphatic heterocycles. The van der Waals surface area contributed by atoms with Gasteiger partial charge in [-0.1, -0.05) is 0 Å². The minimum absolute atomic E-state index is 0.109.